The summed E-state index contributed by atoms with van der Waals surface area (Å²) in [6.45, 7) is 5.57. The van der Waals surface area contributed by atoms with E-state index in [1.165, 1.54) is 0 Å². The summed E-state index contributed by atoms with van der Waals surface area (Å²) in [6, 6.07) is 6.01. The lowest BCUT2D eigenvalue weighted by atomic mass is 10.2. The highest BCUT2D eigenvalue weighted by Crippen LogP contribution is 2.30. The second kappa shape index (κ2) is 4.23. The van der Waals surface area contributed by atoms with Gasteiger partial charge in [-0.25, -0.2) is 0 Å². The zero-order valence-electron chi connectivity index (χ0n) is 8.83. The standard InChI is InChI=1S/C11H13BrN2O/c1-3-14-10-8(11(12)13-14)6-5-7-9(10)15-4-2/h5-7H,3-4H2,1-2H3. The van der Waals surface area contributed by atoms with Gasteiger partial charge in [-0.05, 0) is 41.9 Å². The van der Waals surface area contributed by atoms with Gasteiger partial charge in [0.2, 0.25) is 0 Å². The molecule has 0 saturated heterocycles. The molecule has 80 valence electrons. The number of hydrogen-bond donors (Lipinski definition) is 0. The molecule has 0 fully saturated rings. The van der Waals surface area contributed by atoms with E-state index < -0.39 is 0 Å². The van der Waals surface area contributed by atoms with Crippen LogP contribution in [0.25, 0.3) is 10.9 Å². The fraction of sp³-hybridized carbons (Fsp3) is 0.364. The molecule has 1 aromatic heterocycles. The highest BCUT2D eigenvalue weighted by Gasteiger charge is 2.11. The van der Waals surface area contributed by atoms with E-state index >= 15 is 0 Å². The van der Waals surface area contributed by atoms with Gasteiger partial charge in [0.15, 0.2) is 0 Å². The Kier molecular flexibility index (Phi) is 2.95. The van der Waals surface area contributed by atoms with Crippen molar-refractivity contribution in [2.75, 3.05) is 6.61 Å². The molecule has 1 aromatic carbocycles. The van der Waals surface area contributed by atoms with Crippen LogP contribution in [0.1, 0.15) is 13.8 Å². The maximum absolute atomic E-state index is 5.59. The van der Waals surface area contributed by atoms with E-state index in [1.807, 2.05) is 29.8 Å². The number of ether oxygens (including phenoxy) is 1. The molecule has 0 aliphatic carbocycles. The van der Waals surface area contributed by atoms with Gasteiger partial charge in [-0.15, -0.1) is 0 Å². The second-order valence-corrected chi connectivity index (χ2v) is 3.94. The van der Waals surface area contributed by atoms with Crippen LogP contribution in [0.15, 0.2) is 22.8 Å². The molecule has 1 heterocycles. The average Bonchev–Trinajstić information content (AvgIpc) is 2.58. The van der Waals surface area contributed by atoms with Crippen molar-refractivity contribution in [3.05, 3.63) is 22.8 Å². The molecule has 0 unspecified atom stereocenters. The minimum Gasteiger partial charge on any atom is -0.492 e. The average molecular weight is 269 g/mol. The third-order valence-electron chi connectivity index (χ3n) is 2.29. The molecule has 2 aromatic rings. The lowest BCUT2D eigenvalue weighted by molar-refractivity contribution is 0.342. The Morgan fingerprint density at radius 2 is 2.20 bits per heavy atom. The Bertz CT molecular complexity index is 479. The summed E-state index contributed by atoms with van der Waals surface area (Å²) >= 11 is 3.46. The first-order chi connectivity index (χ1) is 7.27. The molecule has 3 nitrogen and oxygen atoms in total. The van der Waals surface area contributed by atoms with Crippen LogP contribution in [0.4, 0.5) is 0 Å². The molecule has 0 spiro atoms. The number of halogens is 1. The minimum absolute atomic E-state index is 0.672. The van der Waals surface area contributed by atoms with Crippen LogP contribution in [0, 0.1) is 0 Å². The predicted molar refractivity (Wildman–Crippen MR) is 64.3 cm³/mol. The first kappa shape index (κ1) is 10.5. The van der Waals surface area contributed by atoms with E-state index in [1.54, 1.807) is 0 Å². The smallest absolute Gasteiger partial charge is 0.145 e. The molecule has 0 N–H and O–H groups in total. The van der Waals surface area contributed by atoms with E-state index in [4.69, 9.17) is 4.74 Å². The molecular formula is C11H13BrN2O. The van der Waals surface area contributed by atoms with Crippen molar-refractivity contribution in [2.45, 2.75) is 20.4 Å². The molecular weight excluding hydrogens is 256 g/mol. The van der Waals surface area contributed by atoms with Gasteiger partial charge in [-0.3, -0.25) is 4.68 Å². The summed E-state index contributed by atoms with van der Waals surface area (Å²) in [5, 5.41) is 5.50. The van der Waals surface area contributed by atoms with Crippen molar-refractivity contribution < 1.29 is 4.74 Å². The molecule has 0 bridgehead atoms. The Morgan fingerprint density at radius 3 is 2.87 bits per heavy atom. The molecule has 2 rings (SSSR count). The number of rotatable bonds is 3. The van der Waals surface area contributed by atoms with Crippen LogP contribution in [0.2, 0.25) is 0 Å². The van der Waals surface area contributed by atoms with Gasteiger partial charge in [0.1, 0.15) is 15.9 Å². The lowest BCUT2D eigenvalue weighted by Crippen LogP contribution is -1.99. The van der Waals surface area contributed by atoms with Crippen LogP contribution in [-0.4, -0.2) is 16.4 Å². The first-order valence-corrected chi connectivity index (χ1v) is 5.85. The zero-order chi connectivity index (χ0) is 10.8. The fourth-order valence-electron chi connectivity index (χ4n) is 1.67. The van der Waals surface area contributed by atoms with E-state index in [2.05, 4.69) is 28.0 Å². The van der Waals surface area contributed by atoms with Crippen molar-refractivity contribution in [3.63, 3.8) is 0 Å². The van der Waals surface area contributed by atoms with E-state index in [9.17, 15) is 0 Å². The Morgan fingerprint density at radius 1 is 1.40 bits per heavy atom. The molecule has 0 aliphatic heterocycles. The Hall–Kier alpha value is -1.03. The second-order valence-electron chi connectivity index (χ2n) is 3.19. The Labute approximate surface area is 97.2 Å². The number of hydrogen-bond acceptors (Lipinski definition) is 2. The molecule has 0 aliphatic rings. The molecule has 0 saturated carbocycles. The van der Waals surface area contributed by atoms with Gasteiger partial charge >= 0.3 is 0 Å². The first-order valence-electron chi connectivity index (χ1n) is 5.05. The van der Waals surface area contributed by atoms with Gasteiger partial charge in [0, 0.05) is 11.9 Å². The van der Waals surface area contributed by atoms with Crippen LogP contribution in [-0.2, 0) is 6.54 Å². The number of aryl methyl sites for hydroxylation is 1. The van der Waals surface area contributed by atoms with Crippen molar-refractivity contribution in [2.24, 2.45) is 0 Å². The van der Waals surface area contributed by atoms with E-state index in [0.717, 1.165) is 27.8 Å². The third kappa shape index (κ3) is 1.74. The van der Waals surface area contributed by atoms with Crippen molar-refractivity contribution >= 4 is 26.8 Å². The number of aromatic nitrogens is 2. The maximum atomic E-state index is 5.59. The van der Waals surface area contributed by atoms with Gasteiger partial charge in [0.05, 0.1) is 6.61 Å². The summed E-state index contributed by atoms with van der Waals surface area (Å²) < 4.78 is 8.42. The van der Waals surface area contributed by atoms with Crippen LogP contribution >= 0.6 is 15.9 Å². The largest absolute Gasteiger partial charge is 0.492 e. The summed E-state index contributed by atoms with van der Waals surface area (Å²) in [6.07, 6.45) is 0. The van der Waals surface area contributed by atoms with Crippen LogP contribution in [0.3, 0.4) is 0 Å². The lowest BCUT2D eigenvalue weighted by Gasteiger charge is -2.06. The Balaban J connectivity index is 2.70. The molecule has 4 heteroatoms. The molecule has 15 heavy (non-hydrogen) atoms. The third-order valence-corrected chi connectivity index (χ3v) is 2.87. The monoisotopic (exact) mass is 268 g/mol. The zero-order valence-corrected chi connectivity index (χ0v) is 10.4. The number of fused-ring (bicyclic) bond motifs is 1. The highest BCUT2D eigenvalue weighted by molar-refractivity contribution is 9.10. The SMILES string of the molecule is CCOc1cccc2c(Br)nn(CC)c12. The number of nitrogens with zero attached hydrogens (tertiary/aromatic N) is 2. The quantitative estimate of drug-likeness (QED) is 0.855. The normalized spacial score (nSPS) is 10.9. The van der Waals surface area contributed by atoms with Gasteiger partial charge in [-0.1, -0.05) is 6.07 Å². The molecule has 0 amide bonds. The predicted octanol–water partition coefficient (Wildman–Crippen LogP) is 3.22. The molecule has 0 atom stereocenters. The van der Waals surface area contributed by atoms with Gasteiger partial charge in [-0.2, -0.15) is 5.10 Å². The van der Waals surface area contributed by atoms with Crippen LogP contribution in [0.5, 0.6) is 5.75 Å². The summed E-state index contributed by atoms with van der Waals surface area (Å²) in [5.41, 5.74) is 1.06. The maximum Gasteiger partial charge on any atom is 0.145 e. The summed E-state index contributed by atoms with van der Waals surface area (Å²) in [5.74, 6) is 0.898. The van der Waals surface area contributed by atoms with Crippen molar-refractivity contribution in [3.8, 4) is 5.75 Å². The topological polar surface area (TPSA) is 27.1 Å². The van der Waals surface area contributed by atoms with Crippen LogP contribution < -0.4 is 4.74 Å². The fourth-order valence-corrected chi connectivity index (χ4v) is 2.18. The van der Waals surface area contributed by atoms with Gasteiger partial charge in [0.25, 0.3) is 0 Å². The van der Waals surface area contributed by atoms with Crippen molar-refractivity contribution in [1.29, 1.82) is 0 Å². The number of para-hydroxylation sites is 1. The number of benzene rings is 1. The summed E-state index contributed by atoms with van der Waals surface area (Å²) in [4.78, 5) is 0. The van der Waals surface area contributed by atoms with E-state index in [-0.39, 0.29) is 0 Å². The highest BCUT2D eigenvalue weighted by atomic mass is 79.9. The van der Waals surface area contributed by atoms with Gasteiger partial charge < -0.3 is 4.74 Å². The molecule has 0 radical (unpaired) electrons. The van der Waals surface area contributed by atoms with Crippen molar-refractivity contribution in [1.82, 2.24) is 9.78 Å². The van der Waals surface area contributed by atoms with E-state index in [0.29, 0.717) is 6.61 Å². The minimum atomic E-state index is 0.672. The summed E-state index contributed by atoms with van der Waals surface area (Å²) in [7, 11) is 0.